The summed E-state index contributed by atoms with van der Waals surface area (Å²) < 4.78 is 1.24. The van der Waals surface area contributed by atoms with Crippen molar-refractivity contribution in [3.63, 3.8) is 0 Å². The van der Waals surface area contributed by atoms with Crippen molar-refractivity contribution in [2.24, 2.45) is 0 Å². The van der Waals surface area contributed by atoms with E-state index in [0.29, 0.717) is 12.6 Å². The van der Waals surface area contributed by atoms with E-state index in [2.05, 4.69) is 59.1 Å². The first-order valence-corrected chi connectivity index (χ1v) is 5.84. The van der Waals surface area contributed by atoms with Crippen molar-refractivity contribution in [2.75, 3.05) is 6.54 Å². The van der Waals surface area contributed by atoms with Crippen molar-refractivity contribution in [3.8, 4) is 0 Å². The SMILES string of the molecule is CC(NC[C@H](C)O)c1ccc(I)cc1. The molecule has 1 aromatic rings. The smallest absolute Gasteiger partial charge is 0.0636 e. The largest absolute Gasteiger partial charge is 0.392 e. The van der Waals surface area contributed by atoms with Crippen molar-refractivity contribution < 1.29 is 5.11 Å². The van der Waals surface area contributed by atoms with Crippen LogP contribution in [0.25, 0.3) is 0 Å². The molecule has 2 nitrogen and oxygen atoms in total. The number of aliphatic hydroxyl groups is 1. The van der Waals surface area contributed by atoms with E-state index in [1.165, 1.54) is 9.13 Å². The number of aliphatic hydroxyl groups excluding tert-OH is 1. The highest BCUT2D eigenvalue weighted by atomic mass is 127. The van der Waals surface area contributed by atoms with Crippen LogP contribution in [0, 0.1) is 3.57 Å². The molecule has 0 spiro atoms. The molecule has 0 saturated carbocycles. The molecule has 0 amide bonds. The number of benzene rings is 1. The van der Waals surface area contributed by atoms with Gasteiger partial charge in [-0.15, -0.1) is 0 Å². The van der Waals surface area contributed by atoms with Crippen LogP contribution in [0.5, 0.6) is 0 Å². The van der Waals surface area contributed by atoms with Gasteiger partial charge in [0, 0.05) is 16.2 Å². The molecule has 2 N–H and O–H groups in total. The minimum Gasteiger partial charge on any atom is -0.392 e. The Kier molecular flexibility index (Phi) is 4.84. The Morgan fingerprint density at radius 3 is 2.36 bits per heavy atom. The summed E-state index contributed by atoms with van der Waals surface area (Å²) in [7, 11) is 0. The minimum atomic E-state index is -0.290. The van der Waals surface area contributed by atoms with Crippen LogP contribution in [0.15, 0.2) is 24.3 Å². The van der Waals surface area contributed by atoms with Gasteiger partial charge in [-0.2, -0.15) is 0 Å². The van der Waals surface area contributed by atoms with Crippen LogP contribution in [0.4, 0.5) is 0 Å². The Hall–Kier alpha value is -0.130. The quantitative estimate of drug-likeness (QED) is 0.837. The van der Waals surface area contributed by atoms with Crippen molar-refractivity contribution in [3.05, 3.63) is 33.4 Å². The van der Waals surface area contributed by atoms with Crippen molar-refractivity contribution in [2.45, 2.75) is 26.0 Å². The molecule has 0 bridgehead atoms. The maximum absolute atomic E-state index is 9.13. The number of halogens is 1. The molecule has 0 heterocycles. The Labute approximate surface area is 98.9 Å². The summed E-state index contributed by atoms with van der Waals surface area (Å²) in [5.41, 5.74) is 1.26. The zero-order valence-corrected chi connectivity index (χ0v) is 10.7. The van der Waals surface area contributed by atoms with Gasteiger partial charge >= 0.3 is 0 Å². The predicted molar refractivity (Wildman–Crippen MR) is 67.3 cm³/mol. The summed E-state index contributed by atoms with van der Waals surface area (Å²) in [5, 5.41) is 12.4. The average Bonchev–Trinajstić information content (AvgIpc) is 2.15. The lowest BCUT2D eigenvalue weighted by molar-refractivity contribution is 0.187. The summed E-state index contributed by atoms with van der Waals surface area (Å²) >= 11 is 2.29. The average molecular weight is 305 g/mol. The first-order valence-electron chi connectivity index (χ1n) is 4.76. The van der Waals surface area contributed by atoms with E-state index < -0.39 is 0 Å². The van der Waals surface area contributed by atoms with Crippen LogP contribution < -0.4 is 5.32 Å². The predicted octanol–water partition coefficient (Wildman–Crippen LogP) is 2.32. The van der Waals surface area contributed by atoms with Crippen molar-refractivity contribution >= 4 is 22.6 Å². The van der Waals surface area contributed by atoms with Gasteiger partial charge in [0.2, 0.25) is 0 Å². The van der Waals surface area contributed by atoms with Gasteiger partial charge in [-0.1, -0.05) is 12.1 Å². The second-order valence-corrected chi connectivity index (χ2v) is 4.78. The molecule has 14 heavy (non-hydrogen) atoms. The van der Waals surface area contributed by atoms with E-state index in [4.69, 9.17) is 5.11 Å². The molecule has 0 aliphatic rings. The normalized spacial score (nSPS) is 15.1. The fraction of sp³-hybridized carbons (Fsp3) is 0.455. The molecule has 0 aliphatic carbocycles. The van der Waals surface area contributed by atoms with Crippen LogP contribution in [-0.2, 0) is 0 Å². The molecule has 1 unspecified atom stereocenters. The molecule has 0 aromatic heterocycles. The minimum absolute atomic E-state index is 0.290. The van der Waals surface area contributed by atoms with Gasteiger partial charge in [-0.3, -0.25) is 0 Å². The van der Waals surface area contributed by atoms with Gasteiger partial charge in [0.25, 0.3) is 0 Å². The Morgan fingerprint density at radius 1 is 1.29 bits per heavy atom. The van der Waals surface area contributed by atoms with Crippen molar-refractivity contribution in [1.82, 2.24) is 5.32 Å². The maximum Gasteiger partial charge on any atom is 0.0636 e. The zero-order valence-electron chi connectivity index (χ0n) is 8.50. The number of hydrogen-bond donors (Lipinski definition) is 2. The lowest BCUT2D eigenvalue weighted by atomic mass is 10.1. The lowest BCUT2D eigenvalue weighted by Gasteiger charge is -2.15. The summed E-state index contributed by atoms with van der Waals surface area (Å²) in [4.78, 5) is 0. The summed E-state index contributed by atoms with van der Waals surface area (Å²) in [6.07, 6.45) is -0.290. The molecule has 0 saturated heterocycles. The van der Waals surface area contributed by atoms with Crippen LogP contribution in [-0.4, -0.2) is 17.8 Å². The molecule has 78 valence electrons. The van der Waals surface area contributed by atoms with Gasteiger partial charge in [0.05, 0.1) is 6.10 Å². The molecular formula is C11H16INO. The fourth-order valence-electron chi connectivity index (χ4n) is 1.22. The molecule has 0 aliphatic heterocycles. The summed E-state index contributed by atoms with van der Waals surface area (Å²) in [6.45, 7) is 4.52. The van der Waals surface area contributed by atoms with Gasteiger partial charge in [-0.25, -0.2) is 0 Å². The van der Waals surface area contributed by atoms with Crippen LogP contribution in [0.2, 0.25) is 0 Å². The van der Waals surface area contributed by atoms with Crippen LogP contribution in [0.3, 0.4) is 0 Å². The number of hydrogen-bond acceptors (Lipinski definition) is 2. The molecule has 1 aromatic carbocycles. The third-order valence-corrected chi connectivity index (χ3v) is 2.81. The topological polar surface area (TPSA) is 32.3 Å². The second-order valence-electron chi connectivity index (χ2n) is 3.53. The third kappa shape index (κ3) is 3.94. The Morgan fingerprint density at radius 2 is 1.86 bits per heavy atom. The highest BCUT2D eigenvalue weighted by Gasteiger charge is 2.05. The zero-order chi connectivity index (χ0) is 10.6. The Bertz CT molecular complexity index is 271. The summed E-state index contributed by atoms with van der Waals surface area (Å²) in [6, 6.07) is 8.71. The van der Waals surface area contributed by atoms with Crippen molar-refractivity contribution in [1.29, 1.82) is 0 Å². The van der Waals surface area contributed by atoms with Gasteiger partial charge in [0.15, 0.2) is 0 Å². The van der Waals surface area contributed by atoms with E-state index in [9.17, 15) is 0 Å². The van der Waals surface area contributed by atoms with E-state index >= 15 is 0 Å². The number of nitrogens with one attached hydrogen (secondary N) is 1. The third-order valence-electron chi connectivity index (χ3n) is 2.09. The monoisotopic (exact) mass is 305 g/mol. The molecule has 2 atom stereocenters. The molecule has 0 radical (unpaired) electrons. The van der Waals surface area contributed by atoms with Crippen LogP contribution >= 0.6 is 22.6 Å². The fourth-order valence-corrected chi connectivity index (χ4v) is 1.58. The molecule has 0 fully saturated rings. The highest BCUT2D eigenvalue weighted by molar-refractivity contribution is 14.1. The van der Waals surface area contributed by atoms with E-state index in [0.717, 1.165) is 0 Å². The highest BCUT2D eigenvalue weighted by Crippen LogP contribution is 2.14. The Balaban J connectivity index is 2.52. The van der Waals surface area contributed by atoms with E-state index in [1.54, 1.807) is 6.92 Å². The lowest BCUT2D eigenvalue weighted by Crippen LogP contribution is -2.27. The summed E-state index contributed by atoms with van der Waals surface area (Å²) in [5.74, 6) is 0. The van der Waals surface area contributed by atoms with E-state index in [1.807, 2.05) is 0 Å². The van der Waals surface area contributed by atoms with Gasteiger partial charge in [-0.05, 0) is 54.1 Å². The van der Waals surface area contributed by atoms with Crippen LogP contribution in [0.1, 0.15) is 25.5 Å². The van der Waals surface area contributed by atoms with Gasteiger partial charge in [0.1, 0.15) is 0 Å². The number of rotatable bonds is 4. The maximum atomic E-state index is 9.13. The molecule has 3 heteroatoms. The van der Waals surface area contributed by atoms with E-state index in [-0.39, 0.29) is 6.10 Å². The molecule has 1 rings (SSSR count). The second kappa shape index (κ2) is 5.68. The molecular weight excluding hydrogens is 289 g/mol. The first-order chi connectivity index (χ1) is 6.59. The standard InChI is InChI=1S/C11H16INO/c1-8(14)7-13-9(2)10-3-5-11(12)6-4-10/h3-6,8-9,13-14H,7H2,1-2H3/t8-,9?/m0/s1. The van der Waals surface area contributed by atoms with Gasteiger partial charge < -0.3 is 10.4 Å². The first kappa shape index (κ1) is 11.9.